The lowest BCUT2D eigenvalue weighted by Crippen LogP contribution is -2.41. The Labute approximate surface area is 151 Å². The van der Waals surface area contributed by atoms with Crippen LogP contribution in [0.15, 0.2) is 6.20 Å². The van der Waals surface area contributed by atoms with Crippen LogP contribution < -0.4 is 5.32 Å². The molecular formula is C17H23N7O2. The predicted molar refractivity (Wildman–Crippen MR) is 93.3 cm³/mol. The highest BCUT2D eigenvalue weighted by atomic mass is 16.5. The topological polar surface area (TPSA) is 98.1 Å². The lowest BCUT2D eigenvalue weighted by molar-refractivity contribution is 0.0383. The molecule has 1 aliphatic carbocycles. The van der Waals surface area contributed by atoms with Crippen molar-refractivity contribution in [3.05, 3.63) is 28.8 Å². The van der Waals surface area contributed by atoms with Gasteiger partial charge in [-0.15, -0.1) is 5.10 Å². The van der Waals surface area contributed by atoms with E-state index in [1.165, 1.54) is 10.2 Å². The van der Waals surface area contributed by atoms with Gasteiger partial charge < -0.3 is 10.1 Å². The van der Waals surface area contributed by atoms with Crippen LogP contribution in [-0.4, -0.2) is 75.2 Å². The number of carbonyl (C=O) groups is 1. The van der Waals surface area contributed by atoms with Crippen molar-refractivity contribution in [2.75, 3.05) is 39.4 Å². The van der Waals surface area contributed by atoms with E-state index in [2.05, 4.69) is 30.5 Å². The van der Waals surface area contributed by atoms with E-state index >= 15 is 0 Å². The maximum Gasteiger partial charge on any atom is 0.273 e. The van der Waals surface area contributed by atoms with E-state index in [1.807, 2.05) is 6.92 Å². The van der Waals surface area contributed by atoms with Crippen molar-refractivity contribution < 1.29 is 9.53 Å². The summed E-state index contributed by atoms with van der Waals surface area (Å²) >= 11 is 0. The van der Waals surface area contributed by atoms with Gasteiger partial charge in [0.25, 0.3) is 11.9 Å². The van der Waals surface area contributed by atoms with E-state index in [1.54, 1.807) is 6.20 Å². The van der Waals surface area contributed by atoms with E-state index in [0.717, 1.165) is 63.5 Å². The van der Waals surface area contributed by atoms with Crippen LogP contribution in [0.25, 0.3) is 5.95 Å². The molecule has 0 unspecified atom stereocenters. The van der Waals surface area contributed by atoms with Gasteiger partial charge in [-0.25, -0.2) is 9.97 Å². The molecule has 9 heteroatoms. The van der Waals surface area contributed by atoms with E-state index in [-0.39, 0.29) is 11.6 Å². The van der Waals surface area contributed by atoms with Gasteiger partial charge in [0.15, 0.2) is 5.69 Å². The Morgan fingerprint density at radius 2 is 2.12 bits per heavy atom. The standard InChI is InChI=1S/C17H23N7O2/c1-12-13-3-2-4-14(13)20-17(19-12)24-11-15(21-22-24)16(25)18-5-6-23-7-9-26-10-8-23/h11H,2-10H2,1H3,(H,18,25). The molecule has 9 nitrogen and oxygen atoms in total. The number of aromatic nitrogens is 5. The summed E-state index contributed by atoms with van der Waals surface area (Å²) in [5, 5.41) is 10.9. The summed E-state index contributed by atoms with van der Waals surface area (Å²) in [6, 6.07) is 0. The fourth-order valence-corrected chi connectivity index (χ4v) is 3.42. The first-order valence-corrected chi connectivity index (χ1v) is 9.08. The quantitative estimate of drug-likeness (QED) is 0.799. The predicted octanol–water partition coefficient (Wildman–Crippen LogP) is -0.0836. The lowest BCUT2D eigenvalue weighted by Gasteiger charge is -2.26. The van der Waals surface area contributed by atoms with Crippen LogP contribution in [0.2, 0.25) is 0 Å². The third-order valence-corrected chi connectivity index (χ3v) is 4.88. The first kappa shape index (κ1) is 17.0. The number of morpholine rings is 1. The zero-order valence-corrected chi connectivity index (χ0v) is 14.9. The highest BCUT2D eigenvalue weighted by Gasteiger charge is 2.19. The number of amides is 1. The normalized spacial score (nSPS) is 17.3. The summed E-state index contributed by atoms with van der Waals surface area (Å²) < 4.78 is 6.79. The van der Waals surface area contributed by atoms with Crippen LogP contribution >= 0.6 is 0 Å². The molecule has 0 bridgehead atoms. The Kier molecular flexibility index (Phi) is 4.89. The summed E-state index contributed by atoms with van der Waals surface area (Å²) in [5.74, 6) is 0.241. The number of carbonyl (C=O) groups excluding carboxylic acids is 1. The van der Waals surface area contributed by atoms with Crippen molar-refractivity contribution in [1.82, 2.24) is 35.2 Å². The zero-order valence-electron chi connectivity index (χ0n) is 14.9. The van der Waals surface area contributed by atoms with Gasteiger partial charge in [0, 0.05) is 37.6 Å². The van der Waals surface area contributed by atoms with Crippen LogP contribution in [0.5, 0.6) is 0 Å². The molecule has 1 amide bonds. The minimum absolute atomic E-state index is 0.234. The molecule has 26 heavy (non-hydrogen) atoms. The van der Waals surface area contributed by atoms with Gasteiger partial charge in [0.2, 0.25) is 0 Å². The molecule has 4 rings (SSSR count). The van der Waals surface area contributed by atoms with Crippen LogP contribution in [-0.2, 0) is 17.6 Å². The van der Waals surface area contributed by atoms with Gasteiger partial charge in [-0.3, -0.25) is 9.69 Å². The molecule has 0 saturated carbocycles. The number of nitrogens with one attached hydrogen (secondary N) is 1. The van der Waals surface area contributed by atoms with Crippen molar-refractivity contribution in [2.24, 2.45) is 0 Å². The molecule has 2 aliphatic rings. The first-order chi connectivity index (χ1) is 12.7. The van der Waals surface area contributed by atoms with Crippen LogP contribution in [0.3, 0.4) is 0 Å². The average Bonchev–Trinajstić information content (AvgIpc) is 3.32. The van der Waals surface area contributed by atoms with E-state index in [9.17, 15) is 4.79 Å². The molecule has 0 atom stereocenters. The number of rotatable bonds is 5. The number of aryl methyl sites for hydroxylation is 2. The number of fused-ring (bicyclic) bond motifs is 1. The van der Waals surface area contributed by atoms with Crippen molar-refractivity contribution in [2.45, 2.75) is 26.2 Å². The van der Waals surface area contributed by atoms with Crippen molar-refractivity contribution in [3.8, 4) is 5.95 Å². The molecule has 0 radical (unpaired) electrons. The molecule has 1 saturated heterocycles. The maximum atomic E-state index is 12.3. The summed E-state index contributed by atoms with van der Waals surface area (Å²) in [5.41, 5.74) is 3.58. The van der Waals surface area contributed by atoms with Gasteiger partial charge in [-0.2, -0.15) is 4.68 Å². The fraction of sp³-hybridized carbons (Fsp3) is 0.588. The molecule has 2 aromatic rings. The SMILES string of the molecule is Cc1nc(-n2cc(C(=O)NCCN3CCOCC3)nn2)nc2c1CCC2. The minimum Gasteiger partial charge on any atom is -0.379 e. The highest BCUT2D eigenvalue weighted by Crippen LogP contribution is 2.22. The third kappa shape index (κ3) is 3.58. The van der Waals surface area contributed by atoms with Crippen molar-refractivity contribution >= 4 is 5.91 Å². The van der Waals surface area contributed by atoms with E-state index in [4.69, 9.17) is 4.74 Å². The van der Waals surface area contributed by atoms with Crippen LogP contribution in [0, 0.1) is 6.92 Å². The van der Waals surface area contributed by atoms with Crippen molar-refractivity contribution in [1.29, 1.82) is 0 Å². The number of hydrogen-bond acceptors (Lipinski definition) is 7. The zero-order chi connectivity index (χ0) is 17.9. The maximum absolute atomic E-state index is 12.3. The van der Waals surface area contributed by atoms with E-state index < -0.39 is 0 Å². The number of nitrogens with zero attached hydrogens (tertiary/aromatic N) is 6. The molecule has 138 valence electrons. The average molecular weight is 357 g/mol. The number of ether oxygens (including phenoxy) is 1. The molecule has 0 spiro atoms. The summed E-state index contributed by atoms with van der Waals surface area (Å²) in [7, 11) is 0. The summed E-state index contributed by atoms with van der Waals surface area (Å²) in [6.45, 7) is 6.68. The second-order valence-corrected chi connectivity index (χ2v) is 6.65. The van der Waals surface area contributed by atoms with Gasteiger partial charge in [0.1, 0.15) is 0 Å². The van der Waals surface area contributed by atoms with Crippen LogP contribution in [0.1, 0.15) is 33.9 Å². The van der Waals surface area contributed by atoms with Crippen LogP contribution in [0.4, 0.5) is 0 Å². The summed E-state index contributed by atoms with van der Waals surface area (Å²) in [6.07, 6.45) is 4.70. The van der Waals surface area contributed by atoms with Crippen molar-refractivity contribution in [3.63, 3.8) is 0 Å². The molecule has 1 N–H and O–H groups in total. The molecular weight excluding hydrogens is 334 g/mol. The molecule has 1 fully saturated rings. The summed E-state index contributed by atoms with van der Waals surface area (Å²) in [4.78, 5) is 23.6. The van der Waals surface area contributed by atoms with Gasteiger partial charge >= 0.3 is 0 Å². The fourth-order valence-electron chi connectivity index (χ4n) is 3.42. The molecule has 2 aromatic heterocycles. The third-order valence-electron chi connectivity index (χ3n) is 4.88. The largest absolute Gasteiger partial charge is 0.379 e. The molecule has 0 aromatic carbocycles. The van der Waals surface area contributed by atoms with Gasteiger partial charge in [-0.05, 0) is 31.7 Å². The Morgan fingerprint density at radius 3 is 2.96 bits per heavy atom. The molecule has 3 heterocycles. The van der Waals surface area contributed by atoms with E-state index in [0.29, 0.717) is 12.5 Å². The molecule has 1 aliphatic heterocycles. The lowest BCUT2D eigenvalue weighted by atomic mass is 10.2. The monoisotopic (exact) mass is 357 g/mol. The first-order valence-electron chi connectivity index (χ1n) is 9.08. The number of hydrogen-bond donors (Lipinski definition) is 1. The van der Waals surface area contributed by atoms with Gasteiger partial charge in [-0.1, -0.05) is 5.21 Å². The Balaban J connectivity index is 1.38. The second-order valence-electron chi connectivity index (χ2n) is 6.65. The van der Waals surface area contributed by atoms with Gasteiger partial charge in [0.05, 0.1) is 19.4 Å². The Bertz CT molecular complexity index is 798. The Hall–Kier alpha value is -2.39. The smallest absolute Gasteiger partial charge is 0.273 e. The minimum atomic E-state index is -0.234. The highest BCUT2D eigenvalue weighted by molar-refractivity contribution is 5.91. The Morgan fingerprint density at radius 1 is 1.27 bits per heavy atom. The second kappa shape index (κ2) is 7.46.